The summed E-state index contributed by atoms with van der Waals surface area (Å²) in [6.07, 6.45) is 9.27. The van der Waals surface area contributed by atoms with Crippen molar-refractivity contribution in [3.05, 3.63) is 17.7 Å². The number of ether oxygens (including phenoxy) is 3. The fourth-order valence-electron chi connectivity index (χ4n) is 4.50. The van der Waals surface area contributed by atoms with Gasteiger partial charge in [-0.3, -0.25) is 14.4 Å². The van der Waals surface area contributed by atoms with Crippen LogP contribution in [0, 0.1) is 24.7 Å². The lowest BCUT2D eigenvalue weighted by atomic mass is 9.98. The minimum Gasteiger partial charge on any atom is -0.426 e. The highest BCUT2D eigenvalue weighted by molar-refractivity contribution is 5.77. The van der Waals surface area contributed by atoms with Crippen LogP contribution in [0.3, 0.4) is 0 Å². The van der Waals surface area contributed by atoms with E-state index >= 15 is 0 Å². The Morgan fingerprint density at radius 1 is 0.568 bits per heavy atom. The van der Waals surface area contributed by atoms with Gasteiger partial charge in [0.15, 0.2) is 0 Å². The molecule has 0 bridgehead atoms. The number of carbonyl (C=O) groups is 3. The van der Waals surface area contributed by atoms with Crippen molar-refractivity contribution in [3.8, 4) is 17.2 Å². The van der Waals surface area contributed by atoms with Crippen LogP contribution < -0.4 is 14.2 Å². The molecule has 6 nitrogen and oxygen atoms in total. The van der Waals surface area contributed by atoms with Crippen molar-refractivity contribution < 1.29 is 28.6 Å². The molecule has 0 aliphatic heterocycles. The third-order valence-electron chi connectivity index (χ3n) is 7.70. The van der Waals surface area contributed by atoms with E-state index in [1.165, 1.54) is 0 Å². The van der Waals surface area contributed by atoms with Gasteiger partial charge in [0.2, 0.25) is 0 Å². The van der Waals surface area contributed by atoms with Crippen molar-refractivity contribution in [2.24, 2.45) is 17.8 Å². The van der Waals surface area contributed by atoms with E-state index in [4.69, 9.17) is 14.2 Å². The van der Waals surface area contributed by atoms with Crippen molar-refractivity contribution >= 4 is 17.9 Å². The molecular weight excluding hydrogens is 468 g/mol. The Balaban J connectivity index is 3.06. The molecule has 0 saturated heterocycles. The molecule has 37 heavy (non-hydrogen) atoms. The molecule has 0 amide bonds. The summed E-state index contributed by atoms with van der Waals surface area (Å²) in [6, 6.07) is 3.09. The van der Waals surface area contributed by atoms with Crippen molar-refractivity contribution in [2.75, 3.05) is 0 Å². The van der Waals surface area contributed by atoms with Crippen LogP contribution >= 0.6 is 0 Å². The minimum atomic E-state index is -0.354. The van der Waals surface area contributed by atoms with Gasteiger partial charge in [-0.05, 0) is 43.9 Å². The van der Waals surface area contributed by atoms with Gasteiger partial charge in [-0.2, -0.15) is 0 Å². The van der Waals surface area contributed by atoms with E-state index in [0.29, 0.717) is 42.6 Å². The molecule has 0 aliphatic rings. The van der Waals surface area contributed by atoms with Crippen LogP contribution in [0.1, 0.15) is 124 Å². The van der Waals surface area contributed by atoms with Crippen LogP contribution in [-0.4, -0.2) is 17.9 Å². The number of hydrogen-bond acceptors (Lipinski definition) is 6. The zero-order valence-corrected chi connectivity index (χ0v) is 24.3. The normalized spacial score (nSPS) is 11.3. The van der Waals surface area contributed by atoms with Crippen LogP contribution in [0.25, 0.3) is 0 Å². The van der Waals surface area contributed by atoms with Crippen molar-refractivity contribution in [2.45, 2.75) is 126 Å². The zero-order chi connectivity index (χ0) is 27.8. The molecule has 210 valence electrons. The third kappa shape index (κ3) is 12.1. The Hall–Kier alpha value is -2.37. The zero-order valence-electron chi connectivity index (χ0n) is 24.3. The SMILES string of the molecule is CCC(CC)CCC(=O)Oc1cc(OC(=O)CCC(CC)CC)c(C)c(OC(=O)CCC(CC)CC)c1. The molecule has 1 rings (SSSR count). The van der Waals surface area contributed by atoms with Gasteiger partial charge in [0.25, 0.3) is 0 Å². The number of carbonyl (C=O) groups excluding carboxylic acids is 3. The summed E-state index contributed by atoms with van der Waals surface area (Å²) < 4.78 is 16.9. The molecule has 1 aromatic rings. The van der Waals surface area contributed by atoms with Gasteiger partial charge >= 0.3 is 17.9 Å². The van der Waals surface area contributed by atoms with E-state index < -0.39 is 0 Å². The molecule has 0 N–H and O–H groups in total. The Morgan fingerprint density at radius 3 is 1.16 bits per heavy atom. The van der Waals surface area contributed by atoms with E-state index in [9.17, 15) is 14.4 Å². The lowest BCUT2D eigenvalue weighted by Gasteiger charge is -2.16. The highest BCUT2D eigenvalue weighted by Gasteiger charge is 2.19. The first-order valence-electron chi connectivity index (χ1n) is 14.5. The number of rotatable bonds is 18. The van der Waals surface area contributed by atoms with Gasteiger partial charge in [-0.15, -0.1) is 0 Å². The summed E-state index contributed by atoms with van der Waals surface area (Å²) >= 11 is 0. The highest BCUT2D eigenvalue weighted by atomic mass is 16.6. The molecule has 0 unspecified atom stereocenters. The summed E-state index contributed by atoms with van der Waals surface area (Å²) in [6.45, 7) is 14.5. The second-order valence-corrected chi connectivity index (χ2v) is 10.1. The van der Waals surface area contributed by atoms with Gasteiger partial charge in [0.05, 0.1) is 0 Å². The Morgan fingerprint density at radius 2 is 0.865 bits per heavy atom. The first-order chi connectivity index (χ1) is 17.7. The summed E-state index contributed by atoms with van der Waals surface area (Å²) in [5.74, 6) is 1.09. The average molecular weight is 519 g/mol. The van der Waals surface area contributed by atoms with E-state index in [-0.39, 0.29) is 35.2 Å². The van der Waals surface area contributed by atoms with Crippen LogP contribution in [0.5, 0.6) is 17.2 Å². The summed E-state index contributed by atoms with van der Waals surface area (Å²) in [7, 11) is 0. The fraction of sp³-hybridized carbons (Fsp3) is 0.710. The van der Waals surface area contributed by atoms with Gasteiger partial charge < -0.3 is 14.2 Å². The lowest BCUT2D eigenvalue weighted by Crippen LogP contribution is -2.15. The molecule has 0 fully saturated rings. The molecule has 1 aromatic carbocycles. The monoisotopic (exact) mass is 518 g/mol. The highest BCUT2D eigenvalue weighted by Crippen LogP contribution is 2.35. The van der Waals surface area contributed by atoms with Gasteiger partial charge in [0.1, 0.15) is 17.2 Å². The first kappa shape index (κ1) is 32.7. The minimum absolute atomic E-state index is 0.214. The Kier molecular flexibility index (Phi) is 15.9. The quantitative estimate of drug-likeness (QED) is 0.143. The Labute approximate surface area is 224 Å². The van der Waals surface area contributed by atoms with E-state index in [0.717, 1.165) is 57.8 Å². The molecule has 6 heteroatoms. The Bertz CT molecular complexity index is 783. The number of esters is 3. The lowest BCUT2D eigenvalue weighted by molar-refractivity contribution is -0.135. The van der Waals surface area contributed by atoms with Crippen LogP contribution in [0.4, 0.5) is 0 Å². The molecule has 0 heterocycles. The van der Waals surface area contributed by atoms with E-state index in [1.807, 2.05) is 0 Å². The van der Waals surface area contributed by atoms with Crippen LogP contribution in [0.15, 0.2) is 12.1 Å². The van der Waals surface area contributed by atoms with Gasteiger partial charge in [-0.1, -0.05) is 80.1 Å². The second-order valence-electron chi connectivity index (χ2n) is 10.1. The summed E-state index contributed by atoms with van der Waals surface area (Å²) in [4.78, 5) is 37.8. The average Bonchev–Trinajstić information content (AvgIpc) is 2.88. The fourth-order valence-corrected chi connectivity index (χ4v) is 4.50. The topological polar surface area (TPSA) is 78.9 Å². The maximum atomic E-state index is 12.6. The molecule has 0 aromatic heterocycles. The van der Waals surface area contributed by atoms with E-state index in [2.05, 4.69) is 41.5 Å². The first-order valence-corrected chi connectivity index (χ1v) is 14.5. The van der Waals surface area contributed by atoms with Crippen molar-refractivity contribution in [1.29, 1.82) is 0 Å². The van der Waals surface area contributed by atoms with Crippen molar-refractivity contribution in [3.63, 3.8) is 0 Å². The van der Waals surface area contributed by atoms with E-state index in [1.54, 1.807) is 19.1 Å². The largest absolute Gasteiger partial charge is 0.426 e. The maximum Gasteiger partial charge on any atom is 0.311 e. The standard InChI is InChI=1S/C31H50O6/c1-8-23(9-2)14-17-29(32)35-26-20-27(36-30(33)18-15-24(10-3)11-4)22(7)28(21-26)37-31(34)19-16-25(12-5)13-6/h20-21,23-25H,8-19H2,1-7H3. The van der Waals surface area contributed by atoms with Crippen LogP contribution in [0.2, 0.25) is 0 Å². The molecule has 0 atom stereocenters. The molecule has 0 radical (unpaired) electrons. The smallest absolute Gasteiger partial charge is 0.311 e. The summed E-state index contributed by atoms with van der Waals surface area (Å²) in [5.41, 5.74) is 0.531. The molecular formula is C31H50O6. The van der Waals surface area contributed by atoms with Crippen LogP contribution in [-0.2, 0) is 14.4 Å². The van der Waals surface area contributed by atoms with Gasteiger partial charge in [-0.25, -0.2) is 0 Å². The third-order valence-corrected chi connectivity index (χ3v) is 7.70. The molecule has 0 spiro atoms. The van der Waals surface area contributed by atoms with Gasteiger partial charge in [0, 0.05) is 37.0 Å². The summed E-state index contributed by atoms with van der Waals surface area (Å²) in [5, 5.41) is 0. The number of benzene rings is 1. The maximum absolute atomic E-state index is 12.6. The number of hydrogen-bond donors (Lipinski definition) is 0. The predicted octanol–water partition coefficient (Wildman–Crippen LogP) is 8.36. The second kappa shape index (κ2) is 18.0. The predicted molar refractivity (Wildman–Crippen MR) is 148 cm³/mol. The molecule has 0 aliphatic carbocycles. The molecule has 0 saturated carbocycles. The van der Waals surface area contributed by atoms with Crippen molar-refractivity contribution in [1.82, 2.24) is 0 Å².